The lowest BCUT2D eigenvalue weighted by Gasteiger charge is -2.30. The zero-order chi connectivity index (χ0) is 23.5. The summed E-state index contributed by atoms with van der Waals surface area (Å²) in [6.45, 7) is 8.37. The molecule has 0 aromatic heterocycles. The number of ether oxygens (including phenoxy) is 1. The quantitative estimate of drug-likeness (QED) is 0.532. The van der Waals surface area contributed by atoms with Crippen molar-refractivity contribution < 1.29 is 19.4 Å². The first-order valence-corrected chi connectivity index (χ1v) is 11.7. The van der Waals surface area contributed by atoms with Crippen LogP contribution in [0.15, 0.2) is 36.4 Å². The van der Waals surface area contributed by atoms with Crippen molar-refractivity contribution in [3.05, 3.63) is 64.2 Å². The number of hydrogen-bond acceptors (Lipinski definition) is 5. The van der Waals surface area contributed by atoms with Gasteiger partial charge in [-0.3, -0.25) is 9.59 Å². The first kappa shape index (κ1) is 26.0. The van der Waals surface area contributed by atoms with Crippen molar-refractivity contribution in [1.29, 1.82) is 0 Å². The van der Waals surface area contributed by atoms with E-state index in [1.807, 2.05) is 24.0 Å². The molecule has 7 nitrogen and oxygen atoms in total. The first-order chi connectivity index (χ1) is 15.9. The molecule has 2 aliphatic rings. The number of hydrogen-bond donors (Lipinski definition) is 3. The molecular weight excluding hydrogens is 454 g/mol. The number of rotatable bonds is 8. The van der Waals surface area contributed by atoms with Crippen molar-refractivity contribution in [2.45, 2.75) is 52.4 Å². The first-order valence-electron chi connectivity index (χ1n) is 11.7. The Bertz CT molecular complexity index is 1040. The number of amides is 2. The molecule has 0 saturated heterocycles. The molecule has 3 N–H and O–H groups in total. The average Bonchev–Trinajstić information content (AvgIpc) is 3.10. The Morgan fingerprint density at radius 2 is 1.97 bits per heavy atom. The monoisotopic (exact) mass is 487 g/mol. The predicted molar refractivity (Wildman–Crippen MR) is 134 cm³/mol. The predicted octanol–water partition coefficient (Wildman–Crippen LogP) is 2.92. The van der Waals surface area contributed by atoms with Gasteiger partial charge in [0.25, 0.3) is 11.8 Å². The zero-order valence-electron chi connectivity index (χ0n) is 20.0. The molecule has 4 rings (SSSR count). The highest BCUT2D eigenvalue weighted by molar-refractivity contribution is 6.03. The molecule has 2 amide bonds. The fraction of sp³-hybridized carbons (Fsp3) is 0.462. The van der Waals surface area contributed by atoms with Gasteiger partial charge >= 0.3 is 0 Å². The molecule has 2 heterocycles. The summed E-state index contributed by atoms with van der Waals surface area (Å²) >= 11 is 0. The molecule has 0 bridgehead atoms. The van der Waals surface area contributed by atoms with Gasteiger partial charge in [-0.1, -0.05) is 38.1 Å². The molecule has 2 atom stereocenters. The van der Waals surface area contributed by atoms with E-state index in [1.54, 1.807) is 12.1 Å². The third-order valence-electron chi connectivity index (χ3n) is 6.26. The molecule has 0 spiro atoms. The molecule has 0 radical (unpaired) electrons. The van der Waals surface area contributed by atoms with Gasteiger partial charge in [0.05, 0.1) is 18.3 Å². The van der Waals surface area contributed by atoms with Crippen molar-refractivity contribution in [2.24, 2.45) is 5.92 Å². The van der Waals surface area contributed by atoms with Gasteiger partial charge in [-0.25, -0.2) is 0 Å². The minimum Gasteiger partial charge on any atom is -0.493 e. The SMILES string of the molecule is CCOc1cc2c(cc1C(=O)NC[C@@H](O)[C@@H]1Cc3ccccc3CN1)CN(CC(C)C)C2=O.Cl. The van der Waals surface area contributed by atoms with Gasteiger partial charge in [-0.2, -0.15) is 0 Å². The summed E-state index contributed by atoms with van der Waals surface area (Å²) in [5.41, 5.74) is 4.29. The Kier molecular flexibility index (Phi) is 8.57. The highest BCUT2D eigenvalue weighted by Gasteiger charge is 2.31. The molecule has 2 aromatic carbocycles. The van der Waals surface area contributed by atoms with Crippen LogP contribution >= 0.6 is 12.4 Å². The summed E-state index contributed by atoms with van der Waals surface area (Å²) < 4.78 is 5.70. The van der Waals surface area contributed by atoms with Gasteiger partial charge in [0.15, 0.2) is 0 Å². The summed E-state index contributed by atoms with van der Waals surface area (Å²) in [5.74, 6) is 0.420. The smallest absolute Gasteiger partial charge is 0.255 e. The molecule has 0 saturated carbocycles. The second-order valence-electron chi connectivity index (χ2n) is 9.26. The van der Waals surface area contributed by atoms with Crippen LogP contribution in [0.25, 0.3) is 0 Å². The van der Waals surface area contributed by atoms with E-state index in [2.05, 4.69) is 36.6 Å². The minimum absolute atomic E-state index is 0. The number of aliphatic hydroxyl groups excluding tert-OH is 1. The Hall–Kier alpha value is -2.61. The van der Waals surface area contributed by atoms with E-state index >= 15 is 0 Å². The number of halogens is 1. The van der Waals surface area contributed by atoms with Gasteiger partial charge < -0.3 is 25.4 Å². The van der Waals surface area contributed by atoms with Crippen LogP contribution in [-0.4, -0.2) is 53.7 Å². The van der Waals surface area contributed by atoms with Gasteiger partial charge in [0.2, 0.25) is 0 Å². The lowest BCUT2D eigenvalue weighted by molar-refractivity contribution is 0.0759. The zero-order valence-corrected chi connectivity index (χ0v) is 20.8. The number of carbonyl (C=O) groups excluding carboxylic acids is 2. The number of carbonyl (C=O) groups is 2. The second kappa shape index (κ2) is 11.2. The minimum atomic E-state index is -0.726. The van der Waals surface area contributed by atoms with Crippen LogP contribution < -0.4 is 15.4 Å². The van der Waals surface area contributed by atoms with E-state index in [-0.39, 0.29) is 36.8 Å². The van der Waals surface area contributed by atoms with Crippen LogP contribution in [-0.2, 0) is 19.5 Å². The van der Waals surface area contributed by atoms with Crippen LogP contribution in [0.3, 0.4) is 0 Å². The largest absolute Gasteiger partial charge is 0.493 e. The number of nitrogens with one attached hydrogen (secondary N) is 2. The lowest BCUT2D eigenvalue weighted by Crippen LogP contribution is -2.49. The molecule has 34 heavy (non-hydrogen) atoms. The van der Waals surface area contributed by atoms with E-state index in [9.17, 15) is 14.7 Å². The topological polar surface area (TPSA) is 90.9 Å². The van der Waals surface area contributed by atoms with Gasteiger partial charge in [-0.15, -0.1) is 12.4 Å². The highest BCUT2D eigenvalue weighted by atomic mass is 35.5. The molecule has 8 heteroatoms. The molecule has 0 unspecified atom stereocenters. The molecular formula is C26H34ClN3O4. The third-order valence-corrected chi connectivity index (χ3v) is 6.26. The fourth-order valence-corrected chi connectivity index (χ4v) is 4.63. The summed E-state index contributed by atoms with van der Waals surface area (Å²) in [7, 11) is 0. The third kappa shape index (κ3) is 5.54. The maximum absolute atomic E-state index is 13.0. The maximum Gasteiger partial charge on any atom is 0.255 e. The van der Waals surface area contributed by atoms with Crippen molar-refractivity contribution in [3.63, 3.8) is 0 Å². The van der Waals surface area contributed by atoms with Crippen LogP contribution in [0.1, 0.15) is 58.2 Å². The van der Waals surface area contributed by atoms with E-state index in [0.29, 0.717) is 55.5 Å². The van der Waals surface area contributed by atoms with Gasteiger partial charge in [0.1, 0.15) is 5.75 Å². The fourth-order valence-electron chi connectivity index (χ4n) is 4.63. The van der Waals surface area contributed by atoms with E-state index in [0.717, 1.165) is 5.56 Å². The van der Waals surface area contributed by atoms with Crippen LogP contribution in [0.5, 0.6) is 5.75 Å². The van der Waals surface area contributed by atoms with Crippen molar-refractivity contribution in [3.8, 4) is 5.75 Å². The van der Waals surface area contributed by atoms with Gasteiger partial charge in [-0.05, 0) is 48.1 Å². The Morgan fingerprint density at radius 1 is 1.24 bits per heavy atom. The van der Waals surface area contributed by atoms with Crippen LogP contribution in [0.4, 0.5) is 0 Å². The normalized spacial score (nSPS) is 17.6. The molecule has 184 valence electrons. The van der Waals surface area contributed by atoms with E-state index in [1.165, 1.54) is 11.1 Å². The number of benzene rings is 2. The van der Waals surface area contributed by atoms with Crippen LogP contribution in [0, 0.1) is 5.92 Å². The molecule has 2 aliphatic heterocycles. The molecule has 0 aliphatic carbocycles. The number of aliphatic hydroxyl groups is 1. The summed E-state index contributed by atoms with van der Waals surface area (Å²) in [6.07, 6.45) is -0.0141. The maximum atomic E-state index is 13.0. The summed E-state index contributed by atoms with van der Waals surface area (Å²) in [5, 5.41) is 16.9. The van der Waals surface area contributed by atoms with Crippen molar-refractivity contribution >= 4 is 24.2 Å². The summed E-state index contributed by atoms with van der Waals surface area (Å²) in [6, 6.07) is 11.5. The number of nitrogens with zero attached hydrogens (tertiary/aromatic N) is 1. The van der Waals surface area contributed by atoms with Gasteiger partial charge in [0, 0.05) is 37.8 Å². The van der Waals surface area contributed by atoms with Crippen molar-refractivity contribution in [2.75, 3.05) is 19.7 Å². The Balaban J connectivity index is 0.00000324. The standard InChI is InChI=1S/C26H33N3O4.ClH/c1-4-33-24-11-20-19(15-29(26(20)32)14-16(2)3)9-21(24)25(31)28-13-23(30)22-10-17-7-5-6-8-18(17)12-27-22;/h5-9,11,16,22-23,27,30H,4,10,12-15H2,1-3H3,(H,28,31);1H/t22-,23+;/m0./s1. The lowest BCUT2D eigenvalue weighted by atomic mass is 9.93. The highest BCUT2D eigenvalue weighted by Crippen LogP contribution is 2.31. The Labute approximate surface area is 207 Å². The van der Waals surface area contributed by atoms with Crippen LogP contribution in [0.2, 0.25) is 0 Å². The molecule has 2 aromatic rings. The Morgan fingerprint density at radius 3 is 2.68 bits per heavy atom. The van der Waals surface area contributed by atoms with E-state index < -0.39 is 6.10 Å². The number of fused-ring (bicyclic) bond motifs is 2. The summed E-state index contributed by atoms with van der Waals surface area (Å²) in [4.78, 5) is 27.6. The second-order valence-corrected chi connectivity index (χ2v) is 9.26. The van der Waals surface area contributed by atoms with E-state index in [4.69, 9.17) is 4.74 Å². The van der Waals surface area contributed by atoms with Crippen molar-refractivity contribution in [1.82, 2.24) is 15.5 Å². The average molecular weight is 488 g/mol. The molecule has 0 fully saturated rings.